The molecular weight excluding hydrogens is 374 g/mol. The summed E-state index contributed by atoms with van der Waals surface area (Å²) in [7, 11) is 0.672. The van der Waals surface area contributed by atoms with Gasteiger partial charge in [0.1, 0.15) is 0 Å². The SMILES string of the molecule is CCCCCCCCCCCCCC[PH2+]C(C)(C)C.[I-]. The van der Waals surface area contributed by atoms with Crippen LogP contribution >= 0.6 is 8.58 Å². The highest BCUT2D eigenvalue weighted by Crippen LogP contribution is 2.31. The summed E-state index contributed by atoms with van der Waals surface area (Å²) in [6, 6.07) is 0. The number of hydrogen-bond donors (Lipinski definition) is 0. The van der Waals surface area contributed by atoms with Gasteiger partial charge in [-0.2, -0.15) is 0 Å². The molecule has 0 amide bonds. The Labute approximate surface area is 148 Å². The zero-order chi connectivity index (χ0) is 14.4. The van der Waals surface area contributed by atoms with E-state index in [0.29, 0.717) is 13.7 Å². The van der Waals surface area contributed by atoms with Crippen LogP contribution < -0.4 is 24.0 Å². The summed E-state index contributed by atoms with van der Waals surface area (Å²) in [6.45, 7) is 9.47. The molecule has 124 valence electrons. The van der Waals surface area contributed by atoms with E-state index >= 15 is 0 Å². The lowest BCUT2D eigenvalue weighted by atomic mass is 10.1. The van der Waals surface area contributed by atoms with Gasteiger partial charge in [-0.3, -0.25) is 0 Å². The molecule has 20 heavy (non-hydrogen) atoms. The highest BCUT2D eigenvalue weighted by Gasteiger charge is 2.15. The first-order valence-electron chi connectivity index (χ1n) is 8.90. The molecule has 0 aromatic carbocycles. The van der Waals surface area contributed by atoms with Crippen molar-refractivity contribution in [3.8, 4) is 0 Å². The third kappa shape index (κ3) is 21.5. The Hall–Kier alpha value is 1.16. The zero-order valence-electron chi connectivity index (χ0n) is 14.6. The van der Waals surface area contributed by atoms with Crippen LogP contribution in [0.15, 0.2) is 0 Å². The molecule has 0 aliphatic heterocycles. The molecule has 0 fully saturated rings. The molecule has 0 aromatic heterocycles. The third-order valence-electron chi connectivity index (χ3n) is 3.81. The first-order valence-corrected chi connectivity index (χ1v) is 10.3. The molecule has 0 aliphatic rings. The summed E-state index contributed by atoms with van der Waals surface area (Å²) in [5.41, 5.74) is 0. The second kappa shape index (κ2) is 16.5. The molecule has 0 nitrogen and oxygen atoms in total. The summed E-state index contributed by atoms with van der Waals surface area (Å²) in [5.74, 6) is 0. The first-order chi connectivity index (χ1) is 9.06. The molecule has 1 unspecified atom stereocenters. The summed E-state index contributed by atoms with van der Waals surface area (Å²) >= 11 is 0. The molecule has 0 saturated heterocycles. The van der Waals surface area contributed by atoms with E-state index in [1.165, 1.54) is 83.2 Å². The van der Waals surface area contributed by atoms with Crippen molar-refractivity contribution in [2.75, 3.05) is 6.16 Å². The van der Waals surface area contributed by atoms with Gasteiger partial charge in [0.2, 0.25) is 0 Å². The van der Waals surface area contributed by atoms with Gasteiger partial charge < -0.3 is 24.0 Å². The van der Waals surface area contributed by atoms with Crippen molar-refractivity contribution >= 4 is 8.58 Å². The normalized spacial score (nSPS) is 12.0. The molecule has 0 saturated carbocycles. The number of rotatable bonds is 13. The van der Waals surface area contributed by atoms with Crippen LogP contribution in [0.4, 0.5) is 0 Å². The van der Waals surface area contributed by atoms with Crippen molar-refractivity contribution in [1.82, 2.24) is 0 Å². The lowest BCUT2D eigenvalue weighted by molar-refractivity contribution is -0.00000456. The fourth-order valence-corrected chi connectivity index (χ4v) is 3.88. The van der Waals surface area contributed by atoms with E-state index in [-0.39, 0.29) is 24.0 Å². The number of halogens is 1. The van der Waals surface area contributed by atoms with E-state index in [0.717, 1.165) is 0 Å². The van der Waals surface area contributed by atoms with E-state index in [4.69, 9.17) is 0 Å². The van der Waals surface area contributed by atoms with Crippen LogP contribution in [0.3, 0.4) is 0 Å². The average molecular weight is 414 g/mol. The van der Waals surface area contributed by atoms with E-state index < -0.39 is 0 Å². The van der Waals surface area contributed by atoms with Crippen LogP contribution in [0.25, 0.3) is 0 Å². The van der Waals surface area contributed by atoms with Gasteiger partial charge in [0.15, 0.2) is 0 Å². The maximum absolute atomic E-state index is 2.39. The minimum atomic E-state index is 0. The highest BCUT2D eigenvalue weighted by molar-refractivity contribution is 7.39. The van der Waals surface area contributed by atoms with E-state index in [2.05, 4.69) is 27.7 Å². The largest absolute Gasteiger partial charge is 1.00 e. The fourth-order valence-electron chi connectivity index (χ4n) is 2.52. The van der Waals surface area contributed by atoms with Gasteiger partial charge in [-0.1, -0.05) is 71.1 Å². The molecular formula is C18H40IP. The smallest absolute Gasteiger partial charge is 0.0670 e. The molecule has 0 aromatic rings. The van der Waals surface area contributed by atoms with E-state index in [9.17, 15) is 0 Å². The molecule has 0 radical (unpaired) electrons. The first kappa shape index (κ1) is 23.4. The maximum atomic E-state index is 2.39. The molecule has 1 atom stereocenters. The minimum Gasteiger partial charge on any atom is -1.00 e. The van der Waals surface area contributed by atoms with Gasteiger partial charge in [-0.25, -0.2) is 0 Å². The Morgan fingerprint density at radius 3 is 1.30 bits per heavy atom. The van der Waals surface area contributed by atoms with Crippen LogP contribution in [0, 0.1) is 0 Å². The lowest BCUT2D eigenvalue weighted by Crippen LogP contribution is -3.00. The quantitative estimate of drug-likeness (QED) is 0.244. The van der Waals surface area contributed by atoms with Crippen LogP contribution in [0.2, 0.25) is 0 Å². The van der Waals surface area contributed by atoms with Crippen molar-refractivity contribution in [2.45, 2.75) is 110 Å². The Balaban J connectivity index is 0. The second-order valence-corrected chi connectivity index (χ2v) is 9.97. The van der Waals surface area contributed by atoms with E-state index in [1.54, 1.807) is 0 Å². The van der Waals surface area contributed by atoms with Crippen molar-refractivity contribution in [1.29, 1.82) is 0 Å². The van der Waals surface area contributed by atoms with Gasteiger partial charge in [-0.15, -0.1) is 0 Å². The topological polar surface area (TPSA) is 0 Å². The summed E-state index contributed by atoms with van der Waals surface area (Å²) in [5, 5.41) is 0.623. The summed E-state index contributed by atoms with van der Waals surface area (Å²) < 4.78 is 0. The Kier molecular flexibility index (Phi) is 19.4. The van der Waals surface area contributed by atoms with E-state index in [1.807, 2.05) is 0 Å². The average Bonchev–Trinajstić information content (AvgIpc) is 2.34. The zero-order valence-corrected chi connectivity index (χ0v) is 18.0. The number of unbranched alkanes of at least 4 members (excludes halogenated alkanes) is 11. The van der Waals surface area contributed by atoms with Crippen LogP contribution in [-0.4, -0.2) is 11.3 Å². The maximum Gasteiger partial charge on any atom is 0.0670 e. The summed E-state index contributed by atoms with van der Waals surface area (Å²) in [4.78, 5) is 0. The highest BCUT2D eigenvalue weighted by atomic mass is 127. The molecule has 0 N–H and O–H groups in total. The van der Waals surface area contributed by atoms with Crippen LogP contribution in [0.5, 0.6) is 0 Å². The van der Waals surface area contributed by atoms with Gasteiger partial charge in [-0.05, 0) is 42.2 Å². The summed E-state index contributed by atoms with van der Waals surface area (Å²) in [6.07, 6.45) is 19.2. The molecule has 0 spiro atoms. The minimum absolute atomic E-state index is 0. The van der Waals surface area contributed by atoms with Crippen molar-refractivity contribution in [3.05, 3.63) is 0 Å². The predicted octanol–water partition coefficient (Wildman–Crippen LogP) is 3.90. The number of hydrogen-bond acceptors (Lipinski definition) is 0. The lowest BCUT2D eigenvalue weighted by Gasteiger charge is -2.10. The standard InChI is InChI=1S/C18H39P.HI/c1-5-6-7-8-9-10-11-12-13-14-15-16-17-19-18(2,3)4;/h19H,5-17H2,1-4H3;1H. The Bertz CT molecular complexity index is 175. The van der Waals surface area contributed by atoms with Gasteiger partial charge in [0.05, 0.1) is 11.3 Å². The predicted molar refractivity (Wildman–Crippen MR) is 95.4 cm³/mol. The van der Waals surface area contributed by atoms with Gasteiger partial charge in [0.25, 0.3) is 0 Å². The van der Waals surface area contributed by atoms with Gasteiger partial charge in [0, 0.05) is 0 Å². The monoisotopic (exact) mass is 414 g/mol. The van der Waals surface area contributed by atoms with Crippen molar-refractivity contribution in [3.63, 3.8) is 0 Å². The van der Waals surface area contributed by atoms with Crippen LogP contribution in [0.1, 0.15) is 105 Å². The molecule has 0 heterocycles. The third-order valence-corrected chi connectivity index (χ3v) is 5.74. The fraction of sp³-hybridized carbons (Fsp3) is 1.00. The van der Waals surface area contributed by atoms with Crippen LogP contribution in [-0.2, 0) is 0 Å². The molecule has 2 heteroatoms. The van der Waals surface area contributed by atoms with Crippen molar-refractivity contribution in [2.24, 2.45) is 0 Å². The van der Waals surface area contributed by atoms with Crippen molar-refractivity contribution < 1.29 is 24.0 Å². The van der Waals surface area contributed by atoms with Gasteiger partial charge >= 0.3 is 0 Å². The Morgan fingerprint density at radius 1 is 0.600 bits per heavy atom. The molecule has 0 bridgehead atoms. The second-order valence-electron chi connectivity index (χ2n) is 7.25. The molecule has 0 aliphatic carbocycles. The Morgan fingerprint density at radius 2 is 0.950 bits per heavy atom. The molecule has 0 rings (SSSR count).